The summed E-state index contributed by atoms with van der Waals surface area (Å²) in [6, 6.07) is 4.12. The summed E-state index contributed by atoms with van der Waals surface area (Å²) in [6.07, 6.45) is 0. The minimum atomic E-state index is -1.06. The van der Waals surface area contributed by atoms with Gasteiger partial charge in [-0.2, -0.15) is 0 Å². The second kappa shape index (κ2) is 3.70. The van der Waals surface area contributed by atoms with Crippen molar-refractivity contribution in [1.82, 2.24) is 0 Å². The first kappa shape index (κ1) is 9.23. The van der Waals surface area contributed by atoms with E-state index in [1.54, 1.807) is 5.82 Å². The third kappa shape index (κ3) is 1.65. The van der Waals surface area contributed by atoms with E-state index < -0.39 is 11.8 Å². The van der Waals surface area contributed by atoms with Gasteiger partial charge in [0.15, 0.2) is 0 Å². The van der Waals surface area contributed by atoms with E-state index in [0.717, 1.165) is 0 Å². The van der Waals surface area contributed by atoms with Gasteiger partial charge >= 0.3 is 75.1 Å². The number of hydrogen-bond acceptors (Lipinski definition) is 1. The van der Waals surface area contributed by atoms with Gasteiger partial charge in [0.1, 0.15) is 0 Å². The fourth-order valence-electron chi connectivity index (χ4n) is 0.885. The van der Waals surface area contributed by atoms with Crippen LogP contribution in [0.5, 0.6) is 0 Å². The standard InChI is InChI=1S/C8H7FO2Se/c1-12-7-5(8(10)11)3-2-4-6(7)9/h2-4H,1H3,(H,10,11). The van der Waals surface area contributed by atoms with Gasteiger partial charge in [0.25, 0.3) is 0 Å². The monoisotopic (exact) mass is 234 g/mol. The Balaban J connectivity index is 3.27. The Morgan fingerprint density at radius 1 is 1.58 bits per heavy atom. The first-order valence-electron chi connectivity index (χ1n) is 3.22. The molecule has 0 saturated carbocycles. The molecule has 0 saturated heterocycles. The molecular weight excluding hydrogens is 226 g/mol. The van der Waals surface area contributed by atoms with Crippen molar-refractivity contribution in [3.05, 3.63) is 29.6 Å². The van der Waals surface area contributed by atoms with E-state index in [1.807, 2.05) is 0 Å². The van der Waals surface area contributed by atoms with E-state index in [2.05, 4.69) is 0 Å². The predicted molar refractivity (Wildman–Crippen MR) is 44.6 cm³/mol. The number of benzene rings is 1. The van der Waals surface area contributed by atoms with E-state index in [1.165, 1.54) is 18.2 Å². The fraction of sp³-hybridized carbons (Fsp3) is 0.125. The van der Waals surface area contributed by atoms with Gasteiger partial charge in [-0.05, 0) is 0 Å². The molecule has 12 heavy (non-hydrogen) atoms. The summed E-state index contributed by atoms with van der Waals surface area (Å²) < 4.78 is 13.3. The number of carboxylic acid groups (broad SMARTS) is 1. The van der Waals surface area contributed by atoms with Crippen molar-refractivity contribution in [3.8, 4) is 0 Å². The Kier molecular flexibility index (Phi) is 2.84. The molecule has 0 aliphatic heterocycles. The molecule has 0 atom stereocenters. The molecule has 0 bridgehead atoms. The van der Waals surface area contributed by atoms with Crippen molar-refractivity contribution in [2.45, 2.75) is 5.82 Å². The zero-order chi connectivity index (χ0) is 9.14. The van der Waals surface area contributed by atoms with E-state index in [-0.39, 0.29) is 20.5 Å². The summed E-state index contributed by atoms with van der Waals surface area (Å²) >= 11 is -0.126. The summed E-state index contributed by atoms with van der Waals surface area (Å²) in [6.45, 7) is 0. The number of hydrogen-bond donors (Lipinski definition) is 1. The number of halogens is 1. The first-order valence-corrected chi connectivity index (χ1v) is 5.79. The van der Waals surface area contributed by atoms with Crippen molar-refractivity contribution in [2.24, 2.45) is 0 Å². The molecule has 1 N–H and O–H groups in total. The van der Waals surface area contributed by atoms with Gasteiger partial charge in [0.2, 0.25) is 0 Å². The van der Waals surface area contributed by atoms with Crippen LogP contribution >= 0.6 is 0 Å². The maximum atomic E-state index is 13.0. The summed E-state index contributed by atoms with van der Waals surface area (Å²) in [4.78, 5) is 10.6. The van der Waals surface area contributed by atoms with E-state index >= 15 is 0 Å². The number of aromatic carboxylic acids is 1. The summed E-state index contributed by atoms with van der Waals surface area (Å²) in [5.74, 6) is 0.309. The molecule has 0 radical (unpaired) electrons. The Labute approximate surface area is 75.6 Å². The molecule has 1 aromatic carbocycles. The Hall–Kier alpha value is -0.861. The van der Waals surface area contributed by atoms with Crippen molar-refractivity contribution in [1.29, 1.82) is 0 Å². The number of rotatable bonds is 2. The SMILES string of the molecule is C[Se]c1c(F)cccc1C(=O)O. The van der Waals surface area contributed by atoms with Gasteiger partial charge in [0, 0.05) is 0 Å². The van der Waals surface area contributed by atoms with Crippen LogP contribution in [0.15, 0.2) is 18.2 Å². The Bertz CT molecular complexity index is 312. The topological polar surface area (TPSA) is 37.3 Å². The summed E-state index contributed by atoms with van der Waals surface area (Å²) in [5, 5.41) is 8.66. The summed E-state index contributed by atoms with van der Waals surface area (Å²) in [7, 11) is 0. The van der Waals surface area contributed by atoms with Crippen molar-refractivity contribution in [2.75, 3.05) is 0 Å². The molecule has 0 amide bonds. The fourth-order valence-corrected chi connectivity index (χ4v) is 2.22. The molecule has 0 unspecified atom stereocenters. The molecule has 0 spiro atoms. The molecule has 0 aromatic heterocycles. The third-order valence-electron chi connectivity index (χ3n) is 1.40. The zero-order valence-corrected chi connectivity index (χ0v) is 8.09. The van der Waals surface area contributed by atoms with E-state index in [9.17, 15) is 9.18 Å². The second-order valence-electron chi connectivity index (χ2n) is 2.13. The third-order valence-corrected chi connectivity index (χ3v) is 3.13. The van der Waals surface area contributed by atoms with Gasteiger partial charge in [-0.25, -0.2) is 0 Å². The molecule has 2 nitrogen and oxygen atoms in total. The van der Waals surface area contributed by atoms with Crippen LogP contribution in [0.4, 0.5) is 4.39 Å². The first-order chi connectivity index (χ1) is 5.66. The molecule has 1 aromatic rings. The average Bonchev–Trinajstić information content (AvgIpc) is 2.03. The maximum absolute atomic E-state index is 13.0. The van der Waals surface area contributed by atoms with Crippen LogP contribution in [0, 0.1) is 5.82 Å². The van der Waals surface area contributed by atoms with E-state index in [0.29, 0.717) is 4.46 Å². The second-order valence-corrected chi connectivity index (χ2v) is 3.84. The molecule has 0 aliphatic carbocycles. The molecule has 1 rings (SSSR count). The predicted octanol–water partition coefficient (Wildman–Crippen LogP) is 0.901. The Morgan fingerprint density at radius 2 is 2.25 bits per heavy atom. The van der Waals surface area contributed by atoms with Gasteiger partial charge in [-0.15, -0.1) is 0 Å². The Morgan fingerprint density at radius 3 is 2.67 bits per heavy atom. The summed E-state index contributed by atoms with van der Waals surface area (Å²) in [5.41, 5.74) is 0.0810. The van der Waals surface area contributed by atoms with Crippen LogP contribution in [0.2, 0.25) is 5.82 Å². The van der Waals surface area contributed by atoms with Crippen LogP contribution in [0.1, 0.15) is 10.4 Å². The van der Waals surface area contributed by atoms with Crippen LogP contribution in [0.3, 0.4) is 0 Å². The van der Waals surface area contributed by atoms with Crippen LogP contribution < -0.4 is 4.46 Å². The van der Waals surface area contributed by atoms with Gasteiger partial charge in [0.05, 0.1) is 0 Å². The molecule has 0 fully saturated rings. The van der Waals surface area contributed by atoms with Crippen molar-refractivity contribution < 1.29 is 14.3 Å². The van der Waals surface area contributed by atoms with Gasteiger partial charge in [-0.3, -0.25) is 0 Å². The van der Waals surface area contributed by atoms with Crippen LogP contribution in [0.25, 0.3) is 0 Å². The van der Waals surface area contributed by atoms with Crippen LogP contribution in [-0.2, 0) is 0 Å². The van der Waals surface area contributed by atoms with Crippen molar-refractivity contribution >= 4 is 25.4 Å². The quantitative estimate of drug-likeness (QED) is 0.770. The number of carboxylic acids is 1. The molecular formula is C8H7FO2Se. The zero-order valence-electron chi connectivity index (χ0n) is 6.37. The van der Waals surface area contributed by atoms with Crippen molar-refractivity contribution in [3.63, 3.8) is 0 Å². The average molecular weight is 233 g/mol. The number of carbonyl (C=O) groups is 1. The molecule has 0 aliphatic rings. The van der Waals surface area contributed by atoms with Crippen LogP contribution in [-0.4, -0.2) is 26.0 Å². The van der Waals surface area contributed by atoms with E-state index in [4.69, 9.17) is 5.11 Å². The normalized spacial score (nSPS) is 9.83. The van der Waals surface area contributed by atoms with Gasteiger partial charge < -0.3 is 0 Å². The molecule has 4 heteroatoms. The molecule has 64 valence electrons. The molecule has 0 heterocycles. The van der Waals surface area contributed by atoms with Gasteiger partial charge in [-0.1, -0.05) is 0 Å². The minimum absolute atomic E-state index is 0.0810.